The molecule has 0 heterocycles. The van der Waals surface area contributed by atoms with Crippen LogP contribution in [0.1, 0.15) is 5.56 Å². The number of benzene rings is 3. The van der Waals surface area contributed by atoms with Crippen LogP contribution in [-0.2, 0) is 0 Å². The number of hydrogen-bond donors (Lipinski definition) is 1. The smallest absolute Gasteiger partial charge is 0.189 e. The van der Waals surface area contributed by atoms with Crippen LogP contribution in [0.25, 0.3) is 21.9 Å². The van der Waals surface area contributed by atoms with Crippen LogP contribution in [0.15, 0.2) is 66.7 Å². The van der Waals surface area contributed by atoms with Gasteiger partial charge in [0, 0.05) is 5.56 Å². The highest BCUT2D eigenvalue weighted by molar-refractivity contribution is 7.80. The van der Waals surface area contributed by atoms with Crippen molar-refractivity contribution in [1.82, 2.24) is 0 Å². The van der Waals surface area contributed by atoms with Gasteiger partial charge in [0.2, 0.25) is 0 Å². The Balaban J connectivity index is 2.35. The molecule has 1 nitrogen and oxygen atoms in total. The number of aliphatic hydroxyl groups is 1. The quantitative estimate of drug-likeness (QED) is 0.675. The summed E-state index contributed by atoms with van der Waals surface area (Å²) in [6.45, 7) is 0. The fourth-order valence-corrected chi connectivity index (χ4v) is 2.53. The van der Waals surface area contributed by atoms with E-state index in [9.17, 15) is 5.11 Å². The van der Waals surface area contributed by atoms with Crippen molar-refractivity contribution in [3.63, 3.8) is 0 Å². The van der Waals surface area contributed by atoms with Crippen molar-refractivity contribution in [2.45, 2.75) is 0 Å². The lowest BCUT2D eigenvalue weighted by atomic mass is 9.95. The van der Waals surface area contributed by atoms with E-state index in [2.05, 4.69) is 18.2 Å². The van der Waals surface area contributed by atoms with Gasteiger partial charge in [-0.1, -0.05) is 60.7 Å². The van der Waals surface area contributed by atoms with Gasteiger partial charge in [-0.15, -0.1) is 0 Å². The van der Waals surface area contributed by atoms with Crippen molar-refractivity contribution in [1.29, 1.82) is 0 Å². The number of rotatable bonds is 2. The fraction of sp³-hybridized carbons (Fsp3) is 0. The highest BCUT2D eigenvalue weighted by atomic mass is 32.1. The lowest BCUT2D eigenvalue weighted by molar-refractivity contribution is 0.571. The van der Waals surface area contributed by atoms with Crippen molar-refractivity contribution < 1.29 is 5.11 Å². The molecule has 0 unspecified atom stereocenters. The molecule has 3 rings (SSSR count). The first kappa shape index (κ1) is 11.9. The van der Waals surface area contributed by atoms with E-state index in [0.717, 1.165) is 21.9 Å². The van der Waals surface area contributed by atoms with Gasteiger partial charge in [-0.3, -0.25) is 0 Å². The van der Waals surface area contributed by atoms with Gasteiger partial charge in [0.1, 0.15) is 0 Å². The average Bonchev–Trinajstić information content (AvgIpc) is 2.47. The van der Waals surface area contributed by atoms with Gasteiger partial charge in [0.15, 0.2) is 5.05 Å². The van der Waals surface area contributed by atoms with Crippen LogP contribution < -0.4 is 0 Å². The van der Waals surface area contributed by atoms with Crippen LogP contribution in [0.2, 0.25) is 0 Å². The molecule has 19 heavy (non-hydrogen) atoms. The maximum Gasteiger partial charge on any atom is 0.189 e. The second-order valence-electron chi connectivity index (χ2n) is 4.38. The van der Waals surface area contributed by atoms with Gasteiger partial charge in [0.05, 0.1) is 0 Å². The molecule has 0 aliphatic carbocycles. The van der Waals surface area contributed by atoms with E-state index in [1.54, 1.807) is 0 Å². The Morgan fingerprint density at radius 1 is 0.737 bits per heavy atom. The maximum absolute atomic E-state index is 9.61. The molecule has 0 bridgehead atoms. The Hall–Kier alpha value is -2.19. The van der Waals surface area contributed by atoms with Gasteiger partial charge in [-0.25, -0.2) is 0 Å². The van der Waals surface area contributed by atoms with Crippen LogP contribution >= 0.6 is 12.2 Å². The molecule has 0 saturated carbocycles. The Bertz CT molecular complexity index is 748. The summed E-state index contributed by atoms with van der Waals surface area (Å²) in [5, 5.41) is 11.6. The first-order valence-electron chi connectivity index (χ1n) is 6.08. The van der Waals surface area contributed by atoms with Crippen molar-refractivity contribution in [3.8, 4) is 11.1 Å². The second kappa shape index (κ2) is 4.82. The van der Waals surface area contributed by atoms with E-state index in [1.165, 1.54) is 0 Å². The standard InChI is InChI=1S/C17H12OS/c18-17(19)16-11-10-13(12-6-2-1-3-7-12)14-8-4-5-9-15(14)16/h1-11H,(H,18,19). The summed E-state index contributed by atoms with van der Waals surface area (Å²) in [6.07, 6.45) is 0. The molecule has 3 aromatic rings. The van der Waals surface area contributed by atoms with Crippen molar-refractivity contribution in [2.75, 3.05) is 0 Å². The van der Waals surface area contributed by atoms with Gasteiger partial charge >= 0.3 is 0 Å². The predicted octanol–water partition coefficient (Wildman–Crippen LogP) is 4.74. The minimum absolute atomic E-state index is 0.0594. The number of hydrogen-bond acceptors (Lipinski definition) is 1. The molecule has 0 aliphatic rings. The zero-order chi connectivity index (χ0) is 13.2. The fourth-order valence-electron chi connectivity index (χ4n) is 2.36. The molecule has 0 aliphatic heterocycles. The molecular weight excluding hydrogens is 252 g/mol. The van der Waals surface area contributed by atoms with Crippen molar-refractivity contribution >= 4 is 28.0 Å². The number of thiocarbonyl (C=S) groups is 1. The van der Waals surface area contributed by atoms with E-state index < -0.39 is 0 Å². The molecule has 0 amide bonds. The SMILES string of the molecule is OC(=S)c1ccc(-c2ccccc2)c2ccccc12. The van der Waals surface area contributed by atoms with Crippen LogP contribution in [0.3, 0.4) is 0 Å². The summed E-state index contributed by atoms with van der Waals surface area (Å²) in [5.74, 6) is 0. The molecule has 0 atom stereocenters. The third-order valence-electron chi connectivity index (χ3n) is 3.24. The van der Waals surface area contributed by atoms with Crippen LogP contribution in [0.4, 0.5) is 0 Å². The van der Waals surface area contributed by atoms with E-state index in [1.807, 2.05) is 48.5 Å². The lowest BCUT2D eigenvalue weighted by Gasteiger charge is -2.10. The minimum atomic E-state index is -0.0594. The zero-order valence-corrected chi connectivity index (χ0v) is 11.0. The van der Waals surface area contributed by atoms with E-state index in [-0.39, 0.29) is 5.05 Å². The normalized spacial score (nSPS) is 10.5. The largest absolute Gasteiger partial charge is 0.499 e. The first-order chi connectivity index (χ1) is 9.27. The molecule has 0 aromatic heterocycles. The highest BCUT2D eigenvalue weighted by Gasteiger charge is 2.09. The lowest BCUT2D eigenvalue weighted by Crippen LogP contribution is -1.96. The van der Waals surface area contributed by atoms with Gasteiger partial charge in [-0.05, 0) is 40.2 Å². The molecule has 2 heteroatoms. The first-order valence-corrected chi connectivity index (χ1v) is 6.48. The molecule has 3 aromatic carbocycles. The van der Waals surface area contributed by atoms with Gasteiger partial charge in [0.25, 0.3) is 0 Å². The molecule has 0 radical (unpaired) electrons. The molecule has 92 valence electrons. The molecule has 0 fully saturated rings. The van der Waals surface area contributed by atoms with E-state index >= 15 is 0 Å². The van der Waals surface area contributed by atoms with E-state index in [0.29, 0.717) is 5.56 Å². The monoisotopic (exact) mass is 264 g/mol. The number of aliphatic hydroxyl groups excluding tert-OH is 1. The van der Waals surface area contributed by atoms with Crippen LogP contribution in [-0.4, -0.2) is 10.2 Å². The van der Waals surface area contributed by atoms with Crippen molar-refractivity contribution in [2.24, 2.45) is 0 Å². The Labute approximate surface area is 117 Å². The third-order valence-corrected chi connectivity index (χ3v) is 3.46. The number of fused-ring (bicyclic) bond motifs is 1. The zero-order valence-electron chi connectivity index (χ0n) is 10.2. The third kappa shape index (κ3) is 2.11. The second-order valence-corrected chi connectivity index (χ2v) is 4.76. The molecule has 0 saturated heterocycles. The molecular formula is C17H12OS. The molecule has 1 N–H and O–H groups in total. The summed E-state index contributed by atoms with van der Waals surface area (Å²) in [6, 6.07) is 22.1. The van der Waals surface area contributed by atoms with Crippen molar-refractivity contribution in [3.05, 3.63) is 72.3 Å². The summed E-state index contributed by atoms with van der Waals surface area (Å²) in [4.78, 5) is 0. The Morgan fingerprint density at radius 2 is 1.37 bits per heavy atom. The Morgan fingerprint density at radius 3 is 2.05 bits per heavy atom. The molecule has 0 spiro atoms. The summed E-state index contributed by atoms with van der Waals surface area (Å²) < 4.78 is 0. The Kier molecular flexibility index (Phi) is 3.02. The average molecular weight is 264 g/mol. The minimum Gasteiger partial charge on any atom is -0.499 e. The highest BCUT2D eigenvalue weighted by Crippen LogP contribution is 2.30. The van der Waals surface area contributed by atoms with Gasteiger partial charge < -0.3 is 5.11 Å². The van der Waals surface area contributed by atoms with Crippen LogP contribution in [0, 0.1) is 0 Å². The maximum atomic E-state index is 9.61. The van der Waals surface area contributed by atoms with E-state index in [4.69, 9.17) is 12.2 Å². The topological polar surface area (TPSA) is 20.2 Å². The van der Waals surface area contributed by atoms with Gasteiger partial charge in [-0.2, -0.15) is 0 Å². The predicted molar refractivity (Wildman–Crippen MR) is 83.7 cm³/mol. The summed E-state index contributed by atoms with van der Waals surface area (Å²) in [7, 11) is 0. The summed E-state index contributed by atoms with van der Waals surface area (Å²) >= 11 is 4.91. The van der Waals surface area contributed by atoms with Crippen LogP contribution in [0.5, 0.6) is 0 Å². The summed E-state index contributed by atoms with van der Waals surface area (Å²) in [5.41, 5.74) is 3.02.